The van der Waals surface area contributed by atoms with E-state index in [4.69, 9.17) is 14.2 Å². The Morgan fingerprint density at radius 2 is 1.96 bits per heavy atom. The summed E-state index contributed by atoms with van der Waals surface area (Å²) >= 11 is 1.76. The summed E-state index contributed by atoms with van der Waals surface area (Å²) < 4.78 is 18.9. The molecule has 4 nitrogen and oxygen atoms in total. The minimum absolute atomic E-state index is 0.302. The summed E-state index contributed by atoms with van der Waals surface area (Å²) in [7, 11) is 1.71. The Kier molecular flexibility index (Phi) is 5.43. The van der Waals surface area contributed by atoms with Crippen LogP contribution in [0.15, 0.2) is 47.4 Å². The van der Waals surface area contributed by atoms with Gasteiger partial charge in [0.1, 0.15) is 11.9 Å². The molecule has 1 atom stereocenters. The van der Waals surface area contributed by atoms with Gasteiger partial charge in [0.15, 0.2) is 0 Å². The molecule has 2 aromatic carbocycles. The molecular weight excluding hydrogens is 358 g/mol. The molecule has 1 aliphatic heterocycles. The smallest absolute Gasteiger partial charge is 0.119 e. The van der Waals surface area contributed by atoms with Crippen LogP contribution in [-0.2, 0) is 16.0 Å². The number of rotatable bonds is 8. The number of fused-ring (bicyclic) bond motifs is 1. The first kappa shape index (κ1) is 18.4. The van der Waals surface area contributed by atoms with Gasteiger partial charge in [-0.3, -0.25) is 0 Å². The maximum atomic E-state index is 5.82. The molecule has 1 unspecified atom stereocenters. The van der Waals surface area contributed by atoms with Crippen LogP contribution in [0.25, 0.3) is 22.2 Å². The SMILES string of the molecule is COc1ccc2c(c1)c(C)c(-c1ccc(SC)cc1)n2CCOCC1CO1. The fourth-order valence-corrected chi connectivity index (χ4v) is 3.92. The minimum Gasteiger partial charge on any atom is -0.497 e. The number of methoxy groups -OCH3 is 1. The highest BCUT2D eigenvalue weighted by atomic mass is 32.2. The molecule has 2 heterocycles. The van der Waals surface area contributed by atoms with Gasteiger partial charge in [-0.25, -0.2) is 0 Å². The zero-order chi connectivity index (χ0) is 18.8. The normalized spacial score (nSPS) is 16.0. The average Bonchev–Trinajstić information content (AvgIpc) is 3.50. The van der Waals surface area contributed by atoms with Crippen LogP contribution in [-0.4, -0.2) is 43.9 Å². The Balaban J connectivity index is 1.73. The molecule has 27 heavy (non-hydrogen) atoms. The topological polar surface area (TPSA) is 35.9 Å². The van der Waals surface area contributed by atoms with E-state index in [0.29, 0.717) is 19.3 Å². The molecule has 1 aliphatic rings. The van der Waals surface area contributed by atoms with Gasteiger partial charge in [-0.05, 0) is 54.6 Å². The molecule has 142 valence electrons. The minimum atomic E-state index is 0.302. The Morgan fingerprint density at radius 1 is 1.19 bits per heavy atom. The van der Waals surface area contributed by atoms with E-state index < -0.39 is 0 Å². The van der Waals surface area contributed by atoms with Crippen molar-refractivity contribution >= 4 is 22.7 Å². The van der Waals surface area contributed by atoms with E-state index in [1.54, 1.807) is 18.9 Å². The number of epoxide rings is 1. The molecular formula is C22H25NO3S. The molecule has 1 saturated heterocycles. The first-order valence-corrected chi connectivity index (χ1v) is 10.4. The van der Waals surface area contributed by atoms with E-state index >= 15 is 0 Å². The van der Waals surface area contributed by atoms with Crippen molar-refractivity contribution in [3.8, 4) is 17.0 Å². The molecule has 3 aromatic rings. The quantitative estimate of drug-likeness (QED) is 0.319. The third kappa shape index (κ3) is 3.86. The number of aryl methyl sites for hydroxylation is 1. The molecule has 0 saturated carbocycles. The summed E-state index contributed by atoms with van der Waals surface area (Å²) in [4.78, 5) is 1.27. The van der Waals surface area contributed by atoms with Gasteiger partial charge in [-0.1, -0.05) is 12.1 Å². The Morgan fingerprint density at radius 3 is 2.63 bits per heavy atom. The number of aromatic nitrogens is 1. The molecule has 0 amide bonds. The molecule has 0 N–H and O–H groups in total. The van der Waals surface area contributed by atoms with Gasteiger partial charge in [0, 0.05) is 22.3 Å². The molecule has 0 radical (unpaired) electrons. The van der Waals surface area contributed by atoms with Crippen LogP contribution in [0, 0.1) is 6.92 Å². The van der Waals surface area contributed by atoms with Gasteiger partial charge < -0.3 is 18.8 Å². The second-order valence-electron chi connectivity index (χ2n) is 6.77. The lowest BCUT2D eigenvalue weighted by Crippen LogP contribution is -2.10. The van der Waals surface area contributed by atoms with Crippen LogP contribution >= 0.6 is 11.8 Å². The van der Waals surface area contributed by atoms with Crippen LogP contribution in [0.5, 0.6) is 5.75 Å². The first-order chi connectivity index (χ1) is 13.2. The van der Waals surface area contributed by atoms with Crippen LogP contribution in [0.1, 0.15) is 5.56 Å². The van der Waals surface area contributed by atoms with E-state index in [0.717, 1.165) is 18.9 Å². The van der Waals surface area contributed by atoms with Gasteiger partial charge in [-0.15, -0.1) is 11.8 Å². The number of thioether (sulfide) groups is 1. The van der Waals surface area contributed by atoms with Crippen LogP contribution < -0.4 is 4.74 Å². The predicted octanol–water partition coefficient (Wildman–Crippen LogP) is 4.76. The highest BCUT2D eigenvalue weighted by Gasteiger charge is 2.22. The first-order valence-electron chi connectivity index (χ1n) is 9.22. The van der Waals surface area contributed by atoms with Crippen molar-refractivity contribution in [3.63, 3.8) is 0 Å². The molecule has 5 heteroatoms. The summed E-state index contributed by atoms with van der Waals surface area (Å²) in [5.41, 5.74) is 4.96. The number of hydrogen-bond acceptors (Lipinski definition) is 4. The van der Waals surface area contributed by atoms with Gasteiger partial charge in [0.2, 0.25) is 0 Å². The van der Waals surface area contributed by atoms with E-state index in [2.05, 4.69) is 54.1 Å². The largest absolute Gasteiger partial charge is 0.497 e. The van der Waals surface area contributed by atoms with Crippen molar-refractivity contribution in [2.45, 2.75) is 24.5 Å². The third-order valence-corrected chi connectivity index (χ3v) is 5.80. The van der Waals surface area contributed by atoms with Crippen molar-refractivity contribution in [2.75, 3.05) is 33.2 Å². The van der Waals surface area contributed by atoms with Gasteiger partial charge in [-0.2, -0.15) is 0 Å². The summed E-state index contributed by atoms with van der Waals surface area (Å²) in [6.07, 6.45) is 2.40. The maximum Gasteiger partial charge on any atom is 0.119 e. The Labute approximate surface area is 164 Å². The number of ether oxygens (including phenoxy) is 3. The summed E-state index contributed by atoms with van der Waals surface area (Å²) in [5, 5.41) is 1.23. The summed E-state index contributed by atoms with van der Waals surface area (Å²) in [6.45, 7) is 5.19. The number of benzene rings is 2. The lowest BCUT2D eigenvalue weighted by molar-refractivity contribution is 0.110. The van der Waals surface area contributed by atoms with Crippen molar-refractivity contribution in [2.24, 2.45) is 0 Å². The van der Waals surface area contributed by atoms with Gasteiger partial charge >= 0.3 is 0 Å². The fraction of sp³-hybridized carbons (Fsp3) is 0.364. The van der Waals surface area contributed by atoms with Crippen molar-refractivity contribution in [1.29, 1.82) is 0 Å². The van der Waals surface area contributed by atoms with Gasteiger partial charge in [0.05, 0.1) is 32.6 Å². The standard InChI is InChI=1S/C22H25NO3S/c1-15-20-12-17(24-2)6-9-21(20)23(10-11-25-13-18-14-26-18)22(15)16-4-7-19(27-3)8-5-16/h4-9,12,18H,10-11,13-14H2,1-3H3. The van der Waals surface area contributed by atoms with Crippen molar-refractivity contribution < 1.29 is 14.2 Å². The zero-order valence-electron chi connectivity index (χ0n) is 16.0. The van der Waals surface area contributed by atoms with E-state index in [9.17, 15) is 0 Å². The molecule has 0 bridgehead atoms. The van der Waals surface area contributed by atoms with Crippen LogP contribution in [0.2, 0.25) is 0 Å². The lowest BCUT2D eigenvalue weighted by Gasteiger charge is -2.13. The monoisotopic (exact) mass is 383 g/mol. The molecule has 4 rings (SSSR count). The lowest BCUT2D eigenvalue weighted by atomic mass is 10.1. The number of nitrogens with zero attached hydrogens (tertiary/aromatic N) is 1. The summed E-state index contributed by atoms with van der Waals surface area (Å²) in [6, 6.07) is 15.1. The second kappa shape index (κ2) is 7.97. The van der Waals surface area contributed by atoms with Crippen LogP contribution in [0.4, 0.5) is 0 Å². The zero-order valence-corrected chi connectivity index (χ0v) is 16.8. The second-order valence-corrected chi connectivity index (χ2v) is 7.65. The predicted molar refractivity (Wildman–Crippen MR) is 111 cm³/mol. The van der Waals surface area contributed by atoms with Crippen molar-refractivity contribution in [1.82, 2.24) is 4.57 Å². The molecule has 0 aliphatic carbocycles. The van der Waals surface area contributed by atoms with E-state index in [-0.39, 0.29) is 0 Å². The Bertz CT molecular complexity index is 929. The summed E-state index contributed by atoms with van der Waals surface area (Å²) in [5.74, 6) is 0.883. The number of hydrogen-bond donors (Lipinski definition) is 0. The molecule has 1 fully saturated rings. The van der Waals surface area contributed by atoms with E-state index in [1.165, 1.54) is 32.6 Å². The average molecular weight is 384 g/mol. The Hall–Kier alpha value is -1.95. The maximum absolute atomic E-state index is 5.82. The van der Waals surface area contributed by atoms with Gasteiger partial charge in [0.25, 0.3) is 0 Å². The van der Waals surface area contributed by atoms with Crippen LogP contribution in [0.3, 0.4) is 0 Å². The highest BCUT2D eigenvalue weighted by Crippen LogP contribution is 2.35. The molecule has 1 aromatic heterocycles. The highest BCUT2D eigenvalue weighted by molar-refractivity contribution is 7.98. The third-order valence-electron chi connectivity index (χ3n) is 5.05. The van der Waals surface area contributed by atoms with E-state index in [1.807, 2.05) is 6.07 Å². The van der Waals surface area contributed by atoms with Crippen molar-refractivity contribution in [3.05, 3.63) is 48.0 Å². The molecule has 0 spiro atoms. The fourth-order valence-electron chi connectivity index (χ4n) is 3.52.